The first-order valence-corrected chi connectivity index (χ1v) is 10.6. The van der Waals surface area contributed by atoms with Crippen molar-refractivity contribution in [1.82, 2.24) is 4.90 Å². The van der Waals surface area contributed by atoms with E-state index in [1.54, 1.807) is 43.3 Å². The normalized spacial score (nSPS) is 18.2. The van der Waals surface area contributed by atoms with Crippen LogP contribution in [0.2, 0.25) is 0 Å². The molecule has 1 aliphatic rings. The molecule has 3 aromatic rings. The number of aliphatic hydroxyl groups excluding tert-OH is 1. The number of hydrogen-bond donors (Lipinski definition) is 1. The van der Waals surface area contributed by atoms with Gasteiger partial charge in [0.2, 0.25) is 0 Å². The maximum Gasteiger partial charge on any atom is 0.416 e. The molecule has 0 bridgehead atoms. The molecule has 1 atom stereocenters. The number of aliphatic hydroxyl groups is 1. The molecule has 1 saturated heterocycles. The Morgan fingerprint density at radius 1 is 1.09 bits per heavy atom. The van der Waals surface area contributed by atoms with Gasteiger partial charge in [0.25, 0.3) is 11.7 Å². The van der Waals surface area contributed by atoms with Crippen molar-refractivity contribution >= 4 is 33.4 Å². The number of alkyl halides is 3. The van der Waals surface area contributed by atoms with Crippen LogP contribution < -0.4 is 0 Å². The van der Waals surface area contributed by atoms with E-state index in [9.17, 15) is 27.9 Å². The highest BCUT2D eigenvalue weighted by molar-refractivity contribution is 9.10. The predicted octanol–water partition coefficient (Wildman–Crippen LogP) is 5.99. The summed E-state index contributed by atoms with van der Waals surface area (Å²) in [5.41, 5.74) is -0.562. The molecule has 0 aliphatic carbocycles. The number of nitrogens with zero attached hydrogens (tertiary/aromatic N) is 1. The Labute approximate surface area is 195 Å². The number of ketones is 1. The largest absolute Gasteiger partial charge is 0.507 e. The monoisotopic (exact) mass is 519 g/mol. The van der Waals surface area contributed by atoms with Gasteiger partial charge in [-0.25, -0.2) is 0 Å². The molecule has 1 unspecified atom stereocenters. The van der Waals surface area contributed by atoms with Gasteiger partial charge in [0.1, 0.15) is 23.3 Å². The van der Waals surface area contributed by atoms with Crippen molar-refractivity contribution < 1.29 is 32.3 Å². The highest BCUT2D eigenvalue weighted by Gasteiger charge is 2.47. The fraction of sp³-hybridized carbons (Fsp3) is 0.167. The average Bonchev–Trinajstić information content (AvgIpc) is 3.30. The number of amides is 1. The molecule has 0 radical (unpaired) electrons. The van der Waals surface area contributed by atoms with Crippen molar-refractivity contribution in [1.29, 1.82) is 0 Å². The summed E-state index contributed by atoms with van der Waals surface area (Å²) in [6, 6.07) is 13.1. The van der Waals surface area contributed by atoms with Gasteiger partial charge in [0, 0.05) is 16.6 Å². The van der Waals surface area contributed by atoms with Crippen molar-refractivity contribution in [2.24, 2.45) is 0 Å². The zero-order valence-corrected chi connectivity index (χ0v) is 18.8. The van der Waals surface area contributed by atoms with E-state index in [4.69, 9.17) is 4.42 Å². The van der Waals surface area contributed by atoms with Gasteiger partial charge in [-0.3, -0.25) is 9.59 Å². The van der Waals surface area contributed by atoms with Gasteiger partial charge in [-0.15, -0.1) is 0 Å². The number of carbonyl (C=O) groups excluding carboxylic acids is 2. The molecule has 170 valence electrons. The quantitative estimate of drug-likeness (QED) is 0.261. The molecule has 5 nitrogen and oxygen atoms in total. The lowest BCUT2D eigenvalue weighted by Crippen LogP contribution is -2.29. The second kappa shape index (κ2) is 8.55. The summed E-state index contributed by atoms with van der Waals surface area (Å²) in [6.07, 6.45) is -4.55. The SMILES string of the molecule is Cc1ccc(C2/C(=C(/O)c3ccc(Br)cc3)C(=O)C(=O)N2Cc2cccc(C(F)(F)F)c2)o1. The maximum atomic E-state index is 13.2. The summed E-state index contributed by atoms with van der Waals surface area (Å²) in [6.45, 7) is 1.40. The first-order chi connectivity index (χ1) is 15.6. The van der Waals surface area contributed by atoms with Crippen LogP contribution in [0.15, 0.2) is 75.1 Å². The summed E-state index contributed by atoms with van der Waals surface area (Å²) >= 11 is 3.30. The van der Waals surface area contributed by atoms with E-state index in [0.29, 0.717) is 11.3 Å². The summed E-state index contributed by atoms with van der Waals surface area (Å²) in [5.74, 6) is -1.55. The number of benzene rings is 2. The van der Waals surface area contributed by atoms with Gasteiger partial charge in [-0.05, 0) is 48.9 Å². The van der Waals surface area contributed by atoms with Crippen LogP contribution in [0.25, 0.3) is 5.76 Å². The van der Waals surface area contributed by atoms with Crippen molar-refractivity contribution in [2.75, 3.05) is 0 Å². The van der Waals surface area contributed by atoms with Crippen molar-refractivity contribution in [3.63, 3.8) is 0 Å². The Bertz CT molecular complexity index is 1260. The molecule has 1 aliphatic heterocycles. The zero-order chi connectivity index (χ0) is 23.9. The fourth-order valence-corrected chi connectivity index (χ4v) is 4.01. The molecular formula is C24H17BrF3NO4. The van der Waals surface area contributed by atoms with Gasteiger partial charge in [0.05, 0.1) is 11.1 Å². The van der Waals surface area contributed by atoms with E-state index >= 15 is 0 Å². The van der Waals surface area contributed by atoms with Gasteiger partial charge < -0.3 is 14.4 Å². The summed E-state index contributed by atoms with van der Waals surface area (Å²) in [7, 11) is 0. The van der Waals surface area contributed by atoms with Crippen LogP contribution >= 0.6 is 15.9 Å². The van der Waals surface area contributed by atoms with Crippen LogP contribution in [0.4, 0.5) is 13.2 Å². The summed E-state index contributed by atoms with van der Waals surface area (Å²) in [4.78, 5) is 27.0. The molecule has 1 amide bonds. The van der Waals surface area contributed by atoms with Crippen molar-refractivity contribution in [2.45, 2.75) is 25.7 Å². The molecule has 1 fully saturated rings. The average molecular weight is 520 g/mol. The lowest BCUT2D eigenvalue weighted by Gasteiger charge is -2.23. The van der Waals surface area contributed by atoms with Crippen LogP contribution in [0.3, 0.4) is 0 Å². The summed E-state index contributed by atoms with van der Waals surface area (Å²) in [5, 5.41) is 10.9. The Morgan fingerprint density at radius 2 is 1.79 bits per heavy atom. The standard InChI is InChI=1S/C24H17BrF3NO4/c1-13-5-10-18(33-13)20-19(21(30)15-6-8-17(25)9-7-15)22(31)23(32)29(20)12-14-3-2-4-16(11-14)24(26,27)28/h2-11,20,30H,12H2,1H3/b21-19-. The van der Waals surface area contributed by atoms with E-state index in [-0.39, 0.29) is 23.4 Å². The predicted molar refractivity (Wildman–Crippen MR) is 117 cm³/mol. The molecule has 33 heavy (non-hydrogen) atoms. The molecule has 4 rings (SSSR count). The Morgan fingerprint density at radius 3 is 2.39 bits per heavy atom. The number of rotatable bonds is 4. The first kappa shape index (κ1) is 22.8. The van der Waals surface area contributed by atoms with Gasteiger partial charge in [-0.1, -0.05) is 40.2 Å². The number of aryl methyl sites for hydroxylation is 1. The van der Waals surface area contributed by atoms with Gasteiger partial charge in [-0.2, -0.15) is 13.2 Å². The fourth-order valence-electron chi connectivity index (χ4n) is 3.75. The Hall–Kier alpha value is -3.33. The number of Topliss-reactive ketones (excluding diaryl/α,β-unsaturated/α-hetero) is 1. The molecule has 9 heteroatoms. The second-order valence-electron chi connectivity index (χ2n) is 7.58. The van der Waals surface area contributed by atoms with Crippen LogP contribution in [0, 0.1) is 6.92 Å². The molecule has 2 aromatic carbocycles. The van der Waals surface area contributed by atoms with Crippen molar-refractivity contribution in [3.8, 4) is 0 Å². The Balaban J connectivity index is 1.82. The van der Waals surface area contributed by atoms with Crippen molar-refractivity contribution in [3.05, 3.63) is 98.9 Å². The number of halogens is 4. The number of hydrogen-bond acceptors (Lipinski definition) is 4. The highest BCUT2D eigenvalue weighted by atomic mass is 79.9. The second-order valence-corrected chi connectivity index (χ2v) is 8.50. The lowest BCUT2D eigenvalue weighted by atomic mass is 9.99. The van der Waals surface area contributed by atoms with Crippen LogP contribution in [0.5, 0.6) is 0 Å². The smallest absolute Gasteiger partial charge is 0.416 e. The highest BCUT2D eigenvalue weighted by Crippen LogP contribution is 2.41. The minimum atomic E-state index is -4.55. The Kier molecular flexibility index (Phi) is 5.92. The van der Waals surface area contributed by atoms with Gasteiger partial charge >= 0.3 is 6.18 Å². The number of carbonyl (C=O) groups is 2. The molecular weight excluding hydrogens is 503 g/mol. The third-order valence-electron chi connectivity index (χ3n) is 5.30. The minimum Gasteiger partial charge on any atom is -0.507 e. The van der Waals surface area contributed by atoms with E-state index in [2.05, 4.69) is 15.9 Å². The van der Waals surface area contributed by atoms with Crippen LogP contribution in [-0.2, 0) is 22.3 Å². The first-order valence-electron chi connectivity index (χ1n) is 9.83. The topological polar surface area (TPSA) is 70.8 Å². The third kappa shape index (κ3) is 4.45. The van der Waals surface area contributed by atoms with E-state index < -0.39 is 35.2 Å². The van der Waals surface area contributed by atoms with Crippen LogP contribution in [-0.4, -0.2) is 21.7 Å². The number of likely N-dealkylation sites (tertiary alicyclic amines) is 1. The van der Waals surface area contributed by atoms with Crippen LogP contribution in [0.1, 0.15) is 34.3 Å². The van der Waals surface area contributed by atoms with E-state index in [0.717, 1.165) is 21.5 Å². The maximum absolute atomic E-state index is 13.2. The molecule has 0 spiro atoms. The lowest BCUT2D eigenvalue weighted by molar-refractivity contribution is -0.140. The molecule has 0 saturated carbocycles. The minimum absolute atomic E-state index is 0.184. The molecule has 2 heterocycles. The van der Waals surface area contributed by atoms with Gasteiger partial charge in [0.15, 0.2) is 0 Å². The molecule has 1 aromatic heterocycles. The van der Waals surface area contributed by atoms with E-state index in [1.165, 1.54) is 12.1 Å². The molecule has 1 N–H and O–H groups in total. The third-order valence-corrected chi connectivity index (χ3v) is 5.82. The number of furan rings is 1. The zero-order valence-electron chi connectivity index (χ0n) is 17.2. The van der Waals surface area contributed by atoms with E-state index in [1.807, 2.05) is 0 Å². The summed E-state index contributed by atoms with van der Waals surface area (Å²) < 4.78 is 45.9.